The maximum absolute atomic E-state index is 12.4. The molecule has 0 saturated heterocycles. The molecular formula is C18H20N2O5S. The van der Waals surface area contributed by atoms with E-state index in [4.69, 9.17) is 4.74 Å². The molecule has 0 spiro atoms. The van der Waals surface area contributed by atoms with Gasteiger partial charge >= 0.3 is 5.97 Å². The number of nitrogens with one attached hydrogen (secondary N) is 2. The minimum atomic E-state index is -3.37. The van der Waals surface area contributed by atoms with Crippen molar-refractivity contribution in [3.05, 3.63) is 59.2 Å². The van der Waals surface area contributed by atoms with Gasteiger partial charge in [0.05, 0.1) is 18.4 Å². The zero-order valence-electron chi connectivity index (χ0n) is 14.7. The molecule has 8 heteroatoms. The highest BCUT2D eigenvalue weighted by Crippen LogP contribution is 2.21. The number of hydrogen-bond acceptors (Lipinski definition) is 5. The molecule has 0 aliphatic rings. The molecule has 138 valence electrons. The Morgan fingerprint density at radius 3 is 2.31 bits per heavy atom. The molecule has 26 heavy (non-hydrogen) atoms. The molecule has 0 aliphatic carbocycles. The van der Waals surface area contributed by atoms with Gasteiger partial charge in [0.25, 0.3) is 5.91 Å². The van der Waals surface area contributed by atoms with Crippen LogP contribution in [0.2, 0.25) is 0 Å². The van der Waals surface area contributed by atoms with E-state index in [1.54, 1.807) is 25.1 Å². The number of sulfonamides is 1. The van der Waals surface area contributed by atoms with E-state index in [9.17, 15) is 18.0 Å². The third-order valence-electron chi connectivity index (χ3n) is 3.79. The molecule has 2 aromatic rings. The first-order valence-corrected chi connectivity index (χ1v) is 9.52. The predicted octanol–water partition coefficient (Wildman–Crippen LogP) is 2.80. The molecule has 7 nitrogen and oxygen atoms in total. The van der Waals surface area contributed by atoms with Crippen LogP contribution < -0.4 is 10.0 Å². The minimum absolute atomic E-state index is 0.0367. The first-order valence-electron chi connectivity index (χ1n) is 7.87. The summed E-state index contributed by atoms with van der Waals surface area (Å²) < 4.78 is 30.2. The standard InChI is InChI=1S/C18H20N2O5S/c1-4-26(23,24)20-14-10-8-13(9-11-14)17(21)19-16-7-5-6-15(12(16)2)18(22)25-3/h5-11,20H,4H2,1-3H3,(H,19,21). The molecule has 2 aromatic carbocycles. The fourth-order valence-corrected chi connectivity index (χ4v) is 2.88. The van der Waals surface area contributed by atoms with Crippen molar-refractivity contribution in [2.45, 2.75) is 13.8 Å². The lowest BCUT2D eigenvalue weighted by Crippen LogP contribution is -2.16. The summed E-state index contributed by atoms with van der Waals surface area (Å²) in [6, 6.07) is 11.0. The van der Waals surface area contributed by atoms with Crippen molar-refractivity contribution < 1.29 is 22.7 Å². The number of anilines is 2. The van der Waals surface area contributed by atoms with Gasteiger partial charge in [-0.05, 0) is 55.8 Å². The quantitative estimate of drug-likeness (QED) is 0.755. The first-order chi connectivity index (χ1) is 12.3. The Bertz CT molecular complexity index is 921. The Balaban J connectivity index is 2.17. The zero-order valence-corrected chi connectivity index (χ0v) is 15.5. The molecule has 0 saturated carbocycles. The molecular weight excluding hydrogens is 356 g/mol. The van der Waals surface area contributed by atoms with Crippen LogP contribution >= 0.6 is 0 Å². The van der Waals surface area contributed by atoms with E-state index in [0.29, 0.717) is 28.1 Å². The van der Waals surface area contributed by atoms with Crippen LogP contribution in [0.3, 0.4) is 0 Å². The summed E-state index contributed by atoms with van der Waals surface area (Å²) in [7, 11) is -2.08. The van der Waals surface area contributed by atoms with Crippen LogP contribution in [-0.4, -0.2) is 33.2 Å². The molecule has 0 aliphatic heterocycles. The molecule has 0 atom stereocenters. The predicted molar refractivity (Wildman–Crippen MR) is 100.0 cm³/mol. The van der Waals surface area contributed by atoms with Crippen LogP contribution in [0.1, 0.15) is 33.2 Å². The van der Waals surface area contributed by atoms with Gasteiger partial charge in [-0.3, -0.25) is 9.52 Å². The second-order valence-electron chi connectivity index (χ2n) is 5.51. The van der Waals surface area contributed by atoms with Gasteiger partial charge < -0.3 is 10.1 Å². The van der Waals surface area contributed by atoms with Gasteiger partial charge in [-0.25, -0.2) is 13.2 Å². The van der Waals surface area contributed by atoms with Crippen molar-refractivity contribution in [1.29, 1.82) is 0 Å². The zero-order chi connectivity index (χ0) is 19.3. The molecule has 2 N–H and O–H groups in total. The van der Waals surface area contributed by atoms with Crippen molar-refractivity contribution in [3.63, 3.8) is 0 Å². The van der Waals surface area contributed by atoms with E-state index >= 15 is 0 Å². The molecule has 0 radical (unpaired) electrons. The molecule has 0 fully saturated rings. The van der Waals surface area contributed by atoms with Crippen molar-refractivity contribution in [1.82, 2.24) is 0 Å². The van der Waals surface area contributed by atoms with Crippen molar-refractivity contribution in [2.24, 2.45) is 0 Å². The van der Waals surface area contributed by atoms with Gasteiger partial charge in [-0.15, -0.1) is 0 Å². The number of esters is 1. The largest absolute Gasteiger partial charge is 0.465 e. The third-order valence-corrected chi connectivity index (χ3v) is 5.09. The molecule has 0 aromatic heterocycles. The third kappa shape index (κ3) is 4.60. The van der Waals surface area contributed by atoms with E-state index in [1.807, 2.05) is 0 Å². The van der Waals surface area contributed by atoms with Gasteiger partial charge in [-0.1, -0.05) is 6.07 Å². The summed E-state index contributed by atoms with van der Waals surface area (Å²) in [5.74, 6) is -0.892. The number of ether oxygens (including phenoxy) is 1. The van der Waals surface area contributed by atoms with Gasteiger partial charge in [0.15, 0.2) is 0 Å². The first kappa shape index (κ1) is 19.5. The number of rotatable bonds is 6. The van der Waals surface area contributed by atoms with Crippen molar-refractivity contribution >= 4 is 33.3 Å². The van der Waals surface area contributed by atoms with Crippen molar-refractivity contribution in [3.8, 4) is 0 Å². The second-order valence-corrected chi connectivity index (χ2v) is 7.52. The number of benzene rings is 2. The molecule has 2 rings (SSSR count). The highest BCUT2D eigenvalue weighted by Gasteiger charge is 2.14. The lowest BCUT2D eigenvalue weighted by Gasteiger charge is -2.12. The Morgan fingerprint density at radius 1 is 1.08 bits per heavy atom. The monoisotopic (exact) mass is 376 g/mol. The van der Waals surface area contributed by atoms with Crippen LogP contribution in [0.5, 0.6) is 0 Å². The fourth-order valence-electron chi connectivity index (χ4n) is 2.24. The van der Waals surface area contributed by atoms with E-state index in [-0.39, 0.29) is 11.7 Å². The second kappa shape index (κ2) is 8.01. The summed E-state index contributed by atoms with van der Waals surface area (Å²) >= 11 is 0. The summed E-state index contributed by atoms with van der Waals surface area (Å²) in [5, 5.41) is 2.74. The Kier molecular flexibility index (Phi) is 5.99. The van der Waals surface area contributed by atoms with Gasteiger partial charge in [-0.2, -0.15) is 0 Å². The number of carbonyl (C=O) groups is 2. The lowest BCUT2D eigenvalue weighted by molar-refractivity contribution is 0.0599. The fraction of sp³-hybridized carbons (Fsp3) is 0.222. The van der Waals surface area contributed by atoms with E-state index in [1.165, 1.54) is 38.3 Å². The summed E-state index contributed by atoms with van der Waals surface area (Å²) in [4.78, 5) is 24.1. The molecule has 0 bridgehead atoms. The van der Waals surface area contributed by atoms with Gasteiger partial charge in [0.1, 0.15) is 0 Å². The van der Waals surface area contributed by atoms with Crippen LogP contribution in [0.4, 0.5) is 11.4 Å². The Morgan fingerprint density at radius 2 is 1.73 bits per heavy atom. The van der Waals surface area contributed by atoms with E-state index in [0.717, 1.165) is 0 Å². The molecule has 1 amide bonds. The lowest BCUT2D eigenvalue weighted by atomic mass is 10.1. The topological polar surface area (TPSA) is 102 Å². The van der Waals surface area contributed by atoms with Crippen LogP contribution in [0.15, 0.2) is 42.5 Å². The highest BCUT2D eigenvalue weighted by atomic mass is 32.2. The number of hydrogen-bond donors (Lipinski definition) is 2. The molecule has 0 unspecified atom stereocenters. The van der Waals surface area contributed by atoms with Gasteiger partial charge in [0, 0.05) is 16.9 Å². The summed E-state index contributed by atoms with van der Waals surface area (Å²) in [6.07, 6.45) is 0. The smallest absolute Gasteiger partial charge is 0.338 e. The Labute approximate surface area is 152 Å². The summed E-state index contributed by atoms with van der Waals surface area (Å²) in [6.45, 7) is 3.25. The maximum atomic E-state index is 12.4. The van der Waals surface area contributed by atoms with Crippen LogP contribution in [0, 0.1) is 6.92 Å². The average Bonchev–Trinajstić information content (AvgIpc) is 2.63. The normalized spacial score (nSPS) is 10.9. The molecule has 0 heterocycles. The minimum Gasteiger partial charge on any atom is -0.465 e. The van der Waals surface area contributed by atoms with Crippen LogP contribution in [0.25, 0.3) is 0 Å². The Hall–Kier alpha value is -2.87. The van der Waals surface area contributed by atoms with E-state index < -0.39 is 16.0 Å². The number of methoxy groups -OCH3 is 1. The number of amides is 1. The highest BCUT2D eigenvalue weighted by molar-refractivity contribution is 7.92. The van der Waals surface area contributed by atoms with Crippen molar-refractivity contribution in [2.75, 3.05) is 22.9 Å². The summed E-state index contributed by atoms with van der Waals surface area (Å²) in [5.41, 5.74) is 2.20. The van der Waals surface area contributed by atoms with E-state index in [2.05, 4.69) is 10.0 Å². The van der Waals surface area contributed by atoms with Gasteiger partial charge in [0.2, 0.25) is 10.0 Å². The van der Waals surface area contributed by atoms with Crippen LogP contribution in [-0.2, 0) is 14.8 Å². The number of carbonyl (C=O) groups excluding carboxylic acids is 2. The average molecular weight is 376 g/mol. The SMILES string of the molecule is CCS(=O)(=O)Nc1ccc(C(=O)Nc2cccc(C(=O)OC)c2C)cc1. The maximum Gasteiger partial charge on any atom is 0.338 e.